The minimum Gasteiger partial charge on any atom is -0.389 e. The molecule has 0 aliphatic carbocycles. The summed E-state index contributed by atoms with van der Waals surface area (Å²) >= 11 is 0. The molecule has 4 aromatic carbocycles. The first kappa shape index (κ1) is 27.9. The Bertz CT molecular complexity index is 2010. The fraction of sp³-hybridized carbons (Fsp3) is 0. The van der Waals surface area contributed by atoms with Crippen molar-refractivity contribution in [1.29, 1.82) is 0 Å². The molecule has 46 heavy (non-hydrogen) atoms. The summed E-state index contributed by atoms with van der Waals surface area (Å²) < 4.78 is 0. The van der Waals surface area contributed by atoms with E-state index >= 15 is 0 Å². The van der Waals surface area contributed by atoms with Crippen molar-refractivity contribution in [3.63, 3.8) is 0 Å². The van der Waals surface area contributed by atoms with Crippen LogP contribution in [-0.4, -0.2) is 25.4 Å². The van der Waals surface area contributed by atoms with Gasteiger partial charge in [-0.2, -0.15) is 0 Å². The topological polar surface area (TPSA) is 9.72 Å². The van der Waals surface area contributed by atoms with E-state index < -0.39 is 0 Å². The zero-order valence-electron chi connectivity index (χ0n) is 25.5. The second-order valence-corrected chi connectivity index (χ2v) is 11.8. The Morgan fingerprint density at radius 3 is 2.00 bits per heavy atom. The number of benzene rings is 4. The summed E-state index contributed by atoms with van der Waals surface area (Å²) in [4.78, 5) is 6.86. The largest absolute Gasteiger partial charge is 0.389 e. The quantitative estimate of drug-likeness (QED) is 0.223. The molecule has 3 nitrogen and oxygen atoms in total. The van der Waals surface area contributed by atoms with Crippen LogP contribution in [0, 0.1) is 0 Å². The SMILES string of the molecule is C1=CB2C=Cc3ccccc3N2C=C1.C1=CB2C=c3ccccc3=CN2C=C1.C1=CB2c3ccccc3-c3ccccc3N2C=C1. The zero-order chi connectivity index (χ0) is 30.7. The highest BCUT2D eigenvalue weighted by molar-refractivity contribution is 6.83. The smallest absolute Gasteiger partial charge is 0.320 e. The van der Waals surface area contributed by atoms with Crippen molar-refractivity contribution in [1.82, 2.24) is 4.81 Å². The van der Waals surface area contributed by atoms with Crippen molar-refractivity contribution in [3.8, 4) is 11.1 Å². The highest BCUT2D eigenvalue weighted by Gasteiger charge is 2.32. The average molecular weight is 587 g/mol. The Hall–Kier alpha value is -5.61. The van der Waals surface area contributed by atoms with Crippen molar-refractivity contribution < 1.29 is 0 Å². The molecule has 6 heterocycles. The number of hydrogen-bond donors (Lipinski definition) is 0. The summed E-state index contributed by atoms with van der Waals surface area (Å²) in [7, 11) is 0. The first-order chi connectivity index (χ1) is 22.8. The first-order valence-corrected chi connectivity index (χ1v) is 16.0. The fourth-order valence-corrected chi connectivity index (χ4v) is 6.81. The molecular formula is C40H32B3N3. The number of anilines is 2. The van der Waals surface area contributed by atoms with Crippen molar-refractivity contribution in [2.24, 2.45) is 0 Å². The minimum absolute atomic E-state index is 0.334. The Kier molecular flexibility index (Phi) is 7.53. The van der Waals surface area contributed by atoms with Crippen LogP contribution in [-0.2, 0) is 0 Å². The molecule has 6 aliphatic rings. The van der Waals surface area contributed by atoms with Crippen molar-refractivity contribution in [3.05, 3.63) is 192 Å². The van der Waals surface area contributed by atoms with E-state index in [4.69, 9.17) is 0 Å². The Morgan fingerprint density at radius 1 is 0.457 bits per heavy atom. The number of hydrogen-bond acceptors (Lipinski definition) is 3. The van der Waals surface area contributed by atoms with Crippen LogP contribution >= 0.6 is 0 Å². The van der Waals surface area contributed by atoms with Gasteiger partial charge in [0.2, 0.25) is 0 Å². The number of para-hydroxylation sites is 2. The van der Waals surface area contributed by atoms with Crippen LogP contribution in [0.15, 0.2) is 176 Å². The summed E-state index contributed by atoms with van der Waals surface area (Å²) in [5, 5.41) is 2.62. The van der Waals surface area contributed by atoms with Crippen molar-refractivity contribution in [2.75, 3.05) is 9.62 Å². The van der Waals surface area contributed by atoms with Gasteiger partial charge in [-0.15, -0.1) is 0 Å². The summed E-state index contributed by atoms with van der Waals surface area (Å²) in [5.74, 6) is 11.2. The number of allylic oxidation sites excluding steroid dienone is 6. The summed E-state index contributed by atoms with van der Waals surface area (Å²) in [5.41, 5.74) is 7.95. The molecule has 0 N–H and O–H groups in total. The van der Waals surface area contributed by atoms with Gasteiger partial charge in [-0.25, -0.2) is 0 Å². The van der Waals surface area contributed by atoms with Gasteiger partial charge < -0.3 is 14.4 Å². The van der Waals surface area contributed by atoms with E-state index in [1.165, 1.54) is 44.0 Å². The van der Waals surface area contributed by atoms with Gasteiger partial charge in [0.25, 0.3) is 0 Å². The van der Waals surface area contributed by atoms with Gasteiger partial charge in [0.1, 0.15) is 0 Å². The van der Waals surface area contributed by atoms with Gasteiger partial charge >= 0.3 is 20.5 Å². The van der Waals surface area contributed by atoms with Crippen LogP contribution in [0.3, 0.4) is 0 Å². The third-order valence-electron chi connectivity index (χ3n) is 9.03. The lowest BCUT2D eigenvalue weighted by molar-refractivity contribution is 0.857. The zero-order valence-corrected chi connectivity index (χ0v) is 25.5. The van der Waals surface area contributed by atoms with Crippen LogP contribution in [0.1, 0.15) is 5.56 Å². The fourth-order valence-electron chi connectivity index (χ4n) is 6.81. The lowest BCUT2D eigenvalue weighted by Gasteiger charge is -2.35. The van der Waals surface area contributed by atoms with E-state index in [-0.39, 0.29) is 0 Å². The summed E-state index contributed by atoms with van der Waals surface area (Å²) in [6.07, 6.45) is 23.4. The van der Waals surface area contributed by atoms with E-state index in [0.717, 1.165) is 0 Å². The first-order valence-electron chi connectivity index (χ1n) is 16.0. The molecule has 0 unspecified atom stereocenters. The molecule has 0 aromatic heterocycles. The number of fused-ring (bicyclic) bond motifs is 11. The third-order valence-corrected chi connectivity index (χ3v) is 9.03. The van der Waals surface area contributed by atoms with Gasteiger partial charge in [-0.3, -0.25) is 0 Å². The van der Waals surface area contributed by atoms with E-state index in [0.29, 0.717) is 20.5 Å². The minimum atomic E-state index is 0.334. The Labute approximate surface area is 272 Å². The van der Waals surface area contributed by atoms with E-state index in [1.54, 1.807) is 0 Å². The van der Waals surface area contributed by atoms with Crippen molar-refractivity contribution >= 4 is 55.6 Å². The molecule has 10 rings (SSSR count). The molecule has 0 radical (unpaired) electrons. The predicted octanol–water partition coefficient (Wildman–Crippen LogP) is 6.34. The average Bonchev–Trinajstić information content (AvgIpc) is 3.14. The molecule has 0 bridgehead atoms. The maximum absolute atomic E-state index is 2.34. The maximum atomic E-state index is 2.34. The van der Waals surface area contributed by atoms with Gasteiger partial charge in [0.05, 0.1) is 0 Å². The highest BCUT2D eigenvalue weighted by atomic mass is 15.1. The van der Waals surface area contributed by atoms with Gasteiger partial charge in [0.15, 0.2) is 0 Å². The van der Waals surface area contributed by atoms with E-state index in [2.05, 4.69) is 209 Å². The molecule has 0 amide bonds. The van der Waals surface area contributed by atoms with E-state index in [1.807, 2.05) is 0 Å². The van der Waals surface area contributed by atoms with Crippen LogP contribution in [0.4, 0.5) is 11.4 Å². The van der Waals surface area contributed by atoms with Gasteiger partial charge in [0, 0.05) is 16.9 Å². The molecule has 4 aromatic rings. The molecule has 216 valence electrons. The monoisotopic (exact) mass is 587 g/mol. The van der Waals surface area contributed by atoms with Gasteiger partial charge in [-0.05, 0) is 82.2 Å². The second kappa shape index (κ2) is 12.4. The predicted molar refractivity (Wildman–Crippen MR) is 201 cm³/mol. The number of nitrogens with zero attached hydrogens (tertiary/aromatic N) is 3. The molecule has 0 saturated heterocycles. The second-order valence-electron chi connectivity index (χ2n) is 11.8. The van der Waals surface area contributed by atoms with Crippen molar-refractivity contribution in [2.45, 2.75) is 0 Å². The molecule has 6 heteroatoms. The third kappa shape index (κ3) is 5.33. The molecule has 0 atom stereocenters. The molecule has 0 saturated carbocycles. The molecular weight excluding hydrogens is 555 g/mol. The molecule has 0 spiro atoms. The summed E-state index contributed by atoms with van der Waals surface area (Å²) in [6.45, 7) is 1.13. The number of rotatable bonds is 0. The lowest BCUT2D eigenvalue weighted by Crippen LogP contribution is -2.48. The van der Waals surface area contributed by atoms with Crippen LogP contribution in [0.2, 0.25) is 0 Å². The Balaban J connectivity index is 0.000000103. The highest BCUT2D eigenvalue weighted by Crippen LogP contribution is 2.36. The normalized spacial score (nSPS) is 16.2. The molecule has 0 fully saturated rings. The van der Waals surface area contributed by atoms with Gasteiger partial charge in [-0.1, -0.05) is 139 Å². The summed E-state index contributed by atoms with van der Waals surface area (Å²) in [6, 6.07) is 34.2. The standard InChI is InChI=1S/C16H12BN.2C12H10BN/c1-3-9-15-13(7-1)14-8-2-4-10-16(14)18-12-6-5-11-17(15)18;1-2-6-12-11(5-1)7-9-13-8-3-4-10-14(12)13;1-2-6-12-10-14-8-4-3-7-13(14)9-11(12)5-1/h1-12H;2*1-10H. The lowest BCUT2D eigenvalue weighted by atomic mass is 9.50. The van der Waals surface area contributed by atoms with Crippen LogP contribution in [0.25, 0.3) is 29.4 Å². The Morgan fingerprint density at radius 2 is 1.11 bits per heavy atom. The van der Waals surface area contributed by atoms with Crippen LogP contribution in [0.5, 0.6) is 0 Å². The molecule has 6 aliphatic heterocycles. The maximum Gasteiger partial charge on any atom is 0.320 e. The van der Waals surface area contributed by atoms with E-state index in [9.17, 15) is 0 Å². The van der Waals surface area contributed by atoms with Crippen LogP contribution < -0.4 is 25.5 Å².